The Hall–Kier alpha value is 0.772. The molecule has 3 aliphatic rings. The third-order valence-corrected chi connectivity index (χ3v) is 19.9. The molecule has 0 N–H and O–H groups in total. The minimum absolute atomic E-state index is 0. The van der Waals surface area contributed by atoms with Crippen LogP contribution in [0.5, 0.6) is 0 Å². The Kier molecular flexibility index (Phi) is 27.8. The monoisotopic (exact) mass is 894 g/mol. The van der Waals surface area contributed by atoms with Crippen LogP contribution in [-0.4, -0.2) is 51.1 Å². The maximum Gasteiger partial charge on any atom is 3.00 e. The molecule has 52 heavy (non-hydrogen) atoms. The van der Waals surface area contributed by atoms with Crippen LogP contribution < -0.4 is 15.3 Å². The van der Waals surface area contributed by atoms with E-state index in [2.05, 4.69) is 83.1 Å². The van der Waals surface area contributed by atoms with Crippen molar-refractivity contribution in [3.63, 3.8) is 0 Å². The Bertz CT molecular complexity index is 1250. The summed E-state index contributed by atoms with van der Waals surface area (Å²) in [5, 5.41) is 35.0. The van der Waals surface area contributed by atoms with E-state index in [0.29, 0.717) is 51.4 Å². The zero-order valence-corrected chi connectivity index (χ0v) is 41.3. The van der Waals surface area contributed by atoms with Crippen molar-refractivity contribution < 1.29 is 29.7 Å². The summed E-state index contributed by atoms with van der Waals surface area (Å²) in [6.45, 7) is 25.7. The molecule has 0 aliphatic carbocycles. The minimum Gasteiger partial charge on any atom is -0.544 e. The molecule has 0 saturated heterocycles. The standard InChI is InChI=1S/3C12H19O2PS2.Al/c3*1-7(2)5-9-10(6-8(3)4)16-17-15-11(9)12(13)14;/h3*7-8H,5-6H2,1-4H3,(H,13,14);/q;;;+3/p-3. The van der Waals surface area contributed by atoms with E-state index in [9.17, 15) is 29.7 Å². The summed E-state index contributed by atoms with van der Waals surface area (Å²) in [5.41, 5.74) is 3.08. The number of aliphatic carboxylic acids is 3. The molecule has 6 nitrogen and oxygen atoms in total. The molecule has 0 amide bonds. The van der Waals surface area contributed by atoms with Gasteiger partial charge in [0.15, 0.2) is 0 Å². The van der Waals surface area contributed by atoms with Gasteiger partial charge < -0.3 is 29.7 Å². The molecule has 288 valence electrons. The van der Waals surface area contributed by atoms with Crippen LogP contribution in [-0.2, 0) is 14.4 Å². The Morgan fingerprint density at radius 3 is 0.769 bits per heavy atom. The Morgan fingerprint density at radius 2 is 0.615 bits per heavy atom. The first-order valence-corrected chi connectivity index (χ1v) is 28.3. The molecule has 0 radical (unpaired) electrons. The van der Waals surface area contributed by atoms with E-state index in [1.807, 2.05) is 0 Å². The predicted octanol–water partition coefficient (Wildman–Crippen LogP) is 10.2. The van der Waals surface area contributed by atoms with Crippen molar-refractivity contribution in [3.8, 4) is 0 Å². The summed E-state index contributed by atoms with van der Waals surface area (Å²) >= 11 is 0. The van der Waals surface area contributed by atoms with Crippen molar-refractivity contribution in [2.24, 2.45) is 35.5 Å². The third kappa shape index (κ3) is 20.3. The second-order valence-electron chi connectivity index (χ2n) is 14.9. The van der Waals surface area contributed by atoms with Crippen molar-refractivity contribution in [1.82, 2.24) is 0 Å². The molecule has 0 aromatic carbocycles. The second kappa shape index (κ2) is 27.4. The fraction of sp³-hybridized carbons (Fsp3) is 0.667. The summed E-state index contributed by atoms with van der Waals surface area (Å²) in [5.74, 6) is 0.0689. The fourth-order valence-electron chi connectivity index (χ4n) is 4.94. The van der Waals surface area contributed by atoms with E-state index in [4.69, 9.17) is 0 Å². The van der Waals surface area contributed by atoms with E-state index < -0.39 is 17.9 Å². The summed E-state index contributed by atoms with van der Waals surface area (Å²) in [6, 6.07) is 0. The molecule has 3 aliphatic heterocycles. The van der Waals surface area contributed by atoms with Crippen LogP contribution >= 0.6 is 85.8 Å². The second-order valence-corrected chi connectivity index (χ2v) is 27.8. The first-order chi connectivity index (χ1) is 23.7. The maximum atomic E-state index is 11.2. The van der Waals surface area contributed by atoms with Gasteiger partial charge in [-0.15, -0.1) is 0 Å². The van der Waals surface area contributed by atoms with Crippen LogP contribution in [0, 0.1) is 35.5 Å². The number of carbonyl (C=O) groups excluding carboxylic acids is 3. The molecule has 0 unspecified atom stereocenters. The molecule has 0 aromatic rings. The van der Waals surface area contributed by atoms with Gasteiger partial charge in [-0.25, -0.2) is 0 Å². The molecule has 0 spiro atoms. The van der Waals surface area contributed by atoms with Gasteiger partial charge in [-0.1, -0.05) is 115 Å². The van der Waals surface area contributed by atoms with E-state index in [1.165, 1.54) is 14.7 Å². The minimum atomic E-state index is -1.00. The Labute approximate surface area is 352 Å². The molecular formula is C36H54AlO6P3S6. The molecule has 0 atom stereocenters. The Balaban J connectivity index is 0.000000743. The fourth-order valence-corrected chi connectivity index (χ4v) is 19.5. The zero-order valence-electron chi connectivity index (χ0n) is 32.5. The molecule has 0 saturated carbocycles. The van der Waals surface area contributed by atoms with Crippen LogP contribution in [0.2, 0.25) is 0 Å². The zero-order chi connectivity index (χ0) is 39.0. The van der Waals surface area contributed by atoms with E-state index in [1.54, 1.807) is 63.6 Å². The average molecular weight is 895 g/mol. The molecule has 16 heteroatoms. The summed E-state index contributed by atoms with van der Waals surface area (Å²) in [7, 11) is 12.4. The van der Waals surface area contributed by atoms with Gasteiger partial charge in [0.2, 0.25) is 0 Å². The van der Waals surface area contributed by atoms with Crippen molar-refractivity contribution in [2.45, 2.75) is 122 Å². The van der Waals surface area contributed by atoms with Gasteiger partial charge in [0.05, 0.1) is 17.9 Å². The van der Waals surface area contributed by atoms with Crippen molar-refractivity contribution in [2.75, 3.05) is 0 Å². The number of allylic oxidation sites excluding steroid dienone is 3. The largest absolute Gasteiger partial charge is 3.00 e. The van der Waals surface area contributed by atoms with Gasteiger partial charge in [-0.2, -0.15) is 0 Å². The molecule has 0 fully saturated rings. The number of carboxylic acid groups (broad SMARTS) is 3. The summed E-state index contributed by atoms with van der Waals surface area (Å²) < 4.78 is 0. The first-order valence-electron chi connectivity index (χ1n) is 17.3. The smallest absolute Gasteiger partial charge is 0.544 e. The SMILES string of the molecule is CC(C)CC1=C(CC(C)C)C(C(=O)[O-])=PSS1.CC(C)CC1=C(CC(C)C)C(C(=O)[O-])=PSS1.CC(C)CC1=C(CC(C)C)C(C(=O)[O-])=PSS1.[Al+3]. The van der Waals surface area contributed by atoms with Crippen LogP contribution in [0.25, 0.3) is 0 Å². The number of carbonyl (C=O) groups is 3. The van der Waals surface area contributed by atoms with Crippen LogP contribution in [0.4, 0.5) is 0 Å². The number of hydrogen-bond donors (Lipinski definition) is 0. The number of rotatable bonds is 15. The first kappa shape index (κ1) is 52.8. The van der Waals surface area contributed by atoms with Crippen LogP contribution in [0.3, 0.4) is 0 Å². The van der Waals surface area contributed by atoms with Gasteiger partial charge in [-0.05, 0) is 144 Å². The van der Waals surface area contributed by atoms with Crippen LogP contribution in [0.1, 0.15) is 122 Å². The van der Waals surface area contributed by atoms with Crippen molar-refractivity contribution in [1.29, 1.82) is 0 Å². The van der Waals surface area contributed by atoms with E-state index in [0.717, 1.165) is 77.5 Å². The van der Waals surface area contributed by atoms with E-state index in [-0.39, 0.29) is 17.4 Å². The quantitative estimate of drug-likeness (QED) is 0.0884. The van der Waals surface area contributed by atoms with Gasteiger partial charge in [0, 0.05) is 30.6 Å². The Morgan fingerprint density at radius 1 is 0.423 bits per heavy atom. The van der Waals surface area contributed by atoms with Gasteiger partial charge in [-0.3, -0.25) is 0 Å². The molecule has 3 rings (SSSR count). The average Bonchev–Trinajstić information content (AvgIpc) is 2.98. The van der Waals surface area contributed by atoms with Crippen LogP contribution in [0.15, 0.2) is 31.4 Å². The van der Waals surface area contributed by atoms with Gasteiger partial charge in [0.1, 0.15) is 0 Å². The molecular weight excluding hydrogens is 841 g/mol. The van der Waals surface area contributed by atoms with Gasteiger partial charge in [0.25, 0.3) is 0 Å². The normalized spacial score (nSPS) is 17.3. The predicted molar refractivity (Wildman–Crippen MR) is 240 cm³/mol. The summed E-state index contributed by atoms with van der Waals surface area (Å²) in [6.07, 6.45) is 5.41. The molecule has 0 bridgehead atoms. The molecule has 3 heterocycles. The third-order valence-electron chi connectivity index (χ3n) is 6.86. The topological polar surface area (TPSA) is 120 Å². The van der Waals surface area contributed by atoms with Crippen molar-refractivity contribution >= 4 is 137 Å². The number of carboxylic acids is 3. The van der Waals surface area contributed by atoms with Crippen molar-refractivity contribution in [3.05, 3.63) is 31.4 Å². The number of hydrogen-bond acceptors (Lipinski definition) is 12. The summed E-state index contributed by atoms with van der Waals surface area (Å²) in [4.78, 5) is 37.2. The van der Waals surface area contributed by atoms with E-state index >= 15 is 0 Å². The van der Waals surface area contributed by atoms with Gasteiger partial charge >= 0.3 is 17.4 Å². The maximum absolute atomic E-state index is 11.2. The molecule has 0 aromatic heterocycles.